The standard InChI is InChI=1S/C17H28O3/c18-16-11-7-10-13(17(19)20)8-5-3-1-2-4-6-9-14-12-15(14)16/h13-15H,1-12H2,(H,19,20). The molecule has 0 saturated heterocycles. The summed E-state index contributed by atoms with van der Waals surface area (Å²) >= 11 is 0. The maximum atomic E-state index is 12.0. The maximum Gasteiger partial charge on any atom is 0.306 e. The molecule has 3 atom stereocenters. The summed E-state index contributed by atoms with van der Waals surface area (Å²) in [6.45, 7) is 0. The van der Waals surface area contributed by atoms with Crippen LogP contribution in [-0.2, 0) is 9.59 Å². The second kappa shape index (κ2) is 7.80. The molecule has 0 heterocycles. The fraction of sp³-hybridized carbons (Fsp3) is 0.882. The van der Waals surface area contributed by atoms with Crippen molar-refractivity contribution in [3.63, 3.8) is 0 Å². The number of carbonyl (C=O) groups excluding carboxylic acids is 1. The lowest BCUT2D eigenvalue weighted by Gasteiger charge is -2.11. The number of carboxylic acids is 1. The van der Waals surface area contributed by atoms with Crippen LogP contribution in [-0.4, -0.2) is 16.9 Å². The first-order valence-corrected chi connectivity index (χ1v) is 8.44. The van der Waals surface area contributed by atoms with Crippen LogP contribution in [0.15, 0.2) is 0 Å². The second-order valence-electron chi connectivity index (χ2n) is 6.69. The van der Waals surface area contributed by atoms with Crippen LogP contribution in [0.5, 0.6) is 0 Å². The van der Waals surface area contributed by atoms with Crippen LogP contribution >= 0.6 is 0 Å². The molecule has 0 bridgehead atoms. The van der Waals surface area contributed by atoms with Gasteiger partial charge in [0, 0.05) is 12.3 Å². The molecule has 2 aliphatic carbocycles. The van der Waals surface area contributed by atoms with Gasteiger partial charge in [-0.3, -0.25) is 9.59 Å². The molecule has 3 heteroatoms. The summed E-state index contributed by atoms with van der Waals surface area (Å²) in [7, 11) is 0. The Kier molecular flexibility index (Phi) is 6.06. The molecule has 0 amide bonds. The largest absolute Gasteiger partial charge is 0.481 e. The fourth-order valence-electron chi connectivity index (χ4n) is 3.56. The highest BCUT2D eigenvalue weighted by Gasteiger charge is 2.41. The summed E-state index contributed by atoms with van der Waals surface area (Å²) in [6, 6.07) is 0. The SMILES string of the molecule is O=C(O)C1CCCCCCCCC2CC2C(=O)CCC1. The quantitative estimate of drug-likeness (QED) is 0.783. The van der Waals surface area contributed by atoms with Crippen LogP contribution in [0.1, 0.15) is 77.0 Å². The van der Waals surface area contributed by atoms with E-state index < -0.39 is 5.97 Å². The summed E-state index contributed by atoms with van der Waals surface area (Å²) in [4.78, 5) is 23.2. The summed E-state index contributed by atoms with van der Waals surface area (Å²) < 4.78 is 0. The molecule has 0 aromatic rings. The molecule has 2 rings (SSSR count). The van der Waals surface area contributed by atoms with Gasteiger partial charge in [-0.25, -0.2) is 0 Å². The van der Waals surface area contributed by atoms with Gasteiger partial charge in [-0.1, -0.05) is 38.5 Å². The number of rotatable bonds is 1. The molecule has 0 radical (unpaired) electrons. The Bertz CT molecular complexity index is 337. The minimum atomic E-state index is -0.675. The molecule has 0 aliphatic heterocycles. The Hall–Kier alpha value is -0.860. The lowest BCUT2D eigenvalue weighted by molar-refractivity contribution is -0.142. The molecule has 0 aromatic heterocycles. The highest BCUT2D eigenvalue weighted by molar-refractivity contribution is 5.83. The Balaban J connectivity index is 1.81. The van der Waals surface area contributed by atoms with E-state index in [2.05, 4.69) is 0 Å². The van der Waals surface area contributed by atoms with Crippen LogP contribution in [0.3, 0.4) is 0 Å². The van der Waals surface area contributed by atoms with Gasteiger partial charge in [0.25, 0.3) is 0 Å². The zero-order valence-corrected chi connectivity index (χ0v) is 12.5. The van der Waals surface area contributed by atoms with Crippen molar-refractivity contribution < 1.29 is 14.7 Å². The molecule has 3 unspecified atom stereocenters. The summed E-state index contributed by atoms with van der Waals surface area (Å²) in [5.74, 6) is 0.467. The molecule has 2 fully saturated rings. The van der Waals surface area contributed by atoms with E-state index in [0.717, 1.165) is 32.1 Å². The number of carboxylic acid groups (broad SMARTS) is 1. The number of hydrogen-bond donors (Lipinski definition) is 1. The molecule has 3 nitrogen and oxygen atoms in total. The molecule has 0 aromatic carbocycles. The zero-order chi connectivity index (χ0) is 14.4. The van der Waals surface area contributed by atoms with Gasteiger partial charge in [-0.05, 0) is 38.0 Å². The number of Topliss-reactive ketones (excluding diaryl/α,β-unsaturated/α-hetero) is 1. The number of aliphatic carboxylic acids is 1. The Labute approximate surface area is 122 Å². The molecule has 114 valence electrons. The lowest BCUT2D eigenvalue weighted by atomic mass is 9.94. The first kappa shape index (κ1) is 15.5. The van der Waals surface area contributed by atoms with Crippen LogP contribution in [0, 0.1) is 17.8 Å². The van der Waals surface area contributed by atoms with Crippen molar-refractivity contribution in [3.05, 3.63) is 0 Å². The molecular formula is C17H28O3. The minimum absolute atomic E-state index is 0.233. The highest BCUT2D eigenvalue weighted by Crippen LogP contribution is 2.44. The van der Waals surface area contributed by atoms with Gasteiger partial charge in [0.1, 0.15) is 5.78 Å². The van der Waals surface area contributed by atoms with Crippen molar-refractivity contribution in [2.75, 3.05) is 0 Å². The summed E-state index contributed by atoms with van der Waals surface area (Å²) in [5, 5.41) is 9.23. The van der Waals surface area contributed by atoms with E-state index in [-0.39, 0.29) is 5.92 Å². The van der Waals surface area contributed by atoms with Crippen LogP contribution in [0.25, 0.3) is 0 Å². The van der Waals surface area contributed by atoms with Crippen molar-refractivity contribution >= 4 is 11.8 Å². The monoisotopic (exact) mass is 280 g/mol. The predicted octanol–water partition coefficient (Wildman–Crippen LogP) is 4.20. The van der Waals surface area contributed by atoms with Crippen LogP contribution in [0.4, 0.5) is 0 Å². The van der Waals surface area contributed by atoms with Gasteiger partial charge in [-0.2, -0.15) is 0 Å². The second-order valence-corrected chi connectivity index (χ2v) is 6.69. The van der Waals surface area contributed by atoms with Crippen LogP contribution < -0.4 is 0 Å². The van der Waals surface area contributed by atoms with Gasteiger partial charge in [0.15, 0.2) is 0 Å². The summed E-state index contributed by atoms with van der Waals surface area (Å²) in [6.07, 6.45) is 12.4. The van der Waals surface area contributed by atoms with Crippen molar-refractivity contribution in [2.45, 2.75) is 77.0 Å². The van der Waals surface area contributed by atoms with Crippen molar-refractivity contribution in [2.24, 2.45) is 17.8 Å². The number of hydrogen-bond acceptors (Lipinski definition) is 2. The van der Waals surface area contributed by atoms with E-state index in [1.165, 1.54) is 32.1 Å². The van der Waals surface area contributed by atoms with Gasteiger partial charge >= 0.3 is 5.97 Å². The normalized spacial score (nSPS) is 33.6. The molecule has 2 aliphatic rings. The maximum absolute atomic E-state index is 12.0. The molecular weight excluding hydrogens is 252 g/mol. The van der Waals surface area contributed by atoms with E-state index in [1.54, 1.807) is 0 Å². The Morgan fingerprint density at radius 3 is 2.20 bits per heavy atom. The number of carbonyl (C=O) groups is 2. The number of fused-ring (bicyclic) bond motifs is 1. The first-order valence-electron chi connectivity index (χ1n) is 8.44. The minimum Gasteiger partial charge on any atom is -0.481 e. The van der Waals surface area contributed by atoms with Crippen molar-refractivity contribution in [3.8, 4) is 0 Å². The highest BCUT2D eigenvalue weighted by atomic mass is 16.4. The first-order chi connectivity index (χ1) is 9.68. The predicted molar refractivity (Wildman–Crippen MR) is 78.5 cm³/mol. The third-order valence-corrected chi connectivity index (χ3v) is 5.04. The third-order valence-electron chi connectivity index (χ3n) is 5.04. The molecule has 1 N–H and O–H groups in total. The zero-order valence-electron chi connectivity index (χ0n) is 12.5. The van der Waals surface area contributed by atoms with Gasteiger partial charge < -0.3 is 5.11 Å². The van der Waals surface area contributed by atoms with E-state index >= 15 is 0 Å². The van der Waals surface area contributed by atoms with E-state index in [4.69, 9.17) is 0 Å². The molecule has 2 saturated carbocycles. The topological polar surface area (TPSA) is 54.4 Å². The third kappa shape index (κ3) is 4.92. The van der Waals surface area contributed by atoms with Gasteiger partial charge in [0.2, 0.25) is 0 Å². The number of ketones is 1. The Morgan fingerprint density at radius 2 is 1.50 bits per heavy atom. The van der Waals surface area contributed by atoms with E-state index in [9.17, 15) is 14.7 Å². The fourth-order valence-corrected chi connectivity index (χ4v) is 3.56. The van der Waals surface area contributed by atoms with Crippen molar-refractivity contribution in [1.29, 1.82) is 0 Å². The average Bonchev–Trinajstić information content (AvgIpc) is 3.17. The Morgan fingerprint density at radius 1 is 0.900 bits per heavy atom. The van der Waals surface area contributed by atoms with Gasteiger partial charge in [-0.15, -0.1) is 0 Å². The van der Waals surface area contributed by atoms with Gasteiger partial charge in [0.05, 0.1) is 5.92 Å². The van der Waals surface area contributed by atoms with E-state index in [0.29, 0.717) is 30.5 Å². The summed E-state index contributed by atoms with van der Waals surface area (Å²) in [5.41, 5.74) is 0. The van der Waals surface area contributed by atoms with E-state index in [1.807, 2.05) is 0 Å². The lowest BCUT2D eigenvalue weighted by Crippen LogP contribution is -2.14. The van der Waals surface area contributed by atoms with Crippen molar-refractivity contribution in [1.82, 2.24) is 0 Å². The smallest absolute Gasteiger partial charge is 0.306 e. The van der Waals surface area contributed by atoms with Crippen LogP contribution in [0.2, 0.25) is 0 Å². The molecule has 20 heavy (non-hydrogen) atoms. The average molecular weight is 280 g/mol. The molecule has 0 spiro atoms.